The summed E-state index contributed by atoms with van der Waals surface area (Å²) < 4.78 is 89.8. The van der Waals surface area contributed by atoms with Crippen LogP contribution >= 0.6 is 0 Å². The summed E-state index contributed by atoms with van der Waals surface area (Å²) in [7, 11) is 0. The molecule has 5 aliphatic heterocycles. The van der Waals surface area contributed by atoms with Crippen molar-refractivity contribution in [2.45, 2.75) is 94.4 Å². The van der Waals surface area contributed by atoms with Crippen LogP contribution in [-0.4, -0.2) is 66.0 Å². The van der Waals surface area contributed by atoms with Crippen molar-refractivity contribution in [3.63, 3.8) is 0 Å². The third-order valence-corrected chi connectivity index (χ3v) is 4.90. The minimum absolute atomic E-state index is 0.0382. The van der Waals surface area contributed by atoms with Crippen molar-refractivity contribution in [1.82, 2.24) is 0 Å². The van der Waals surface area contributed by atoms with Crippen molar-refractivity contribution in [3.8, 4) is 0 Å². The number of ether oxygens (including phenoxy) is 7. The average molecular weight is 362 g/mol. The Hall–Kier alpha value is -0.770. The third-order valence-electron chi connectivity index (χ3n) is 4.90. The molecule has 5 heterocycles. The van der Waals surface area contributed by atoms with Gasteiger partial charge in [-0.3, -0.25) is 0 Å². The molecule has 0 aromatic carbocycles. The van der Waals surface area contributed by atoms with Gasteiger partial charge in [-0.2, -0.15) is 0 Å². The molecule has 0 aromatic heterocycles. The lowest BCUT2D eigenvalue weighted by molar-refractivity contribution is -0.257. The standard InChI is InChI=1S/C17H24O8/c1-14(2)19-6-8(21-14)9-17(7-16(5)10(23-16)12(18)24-17)11-13(20-9)25-15(3,4)22-11/h8-11,13H,6-7H2,1-5H3/t8-,9+,10+,11-,13+,16-,17+/m0/s1/i5D3,7D2,10D. The average Bonchev–Trinajstić information content (AvgIpc) is 2.80. The first-order valence-corrected chi connectivity index (χ1v) is 8.21. The molecule has 0 saturated carbocycles. The van der Waals surface area contributed by atoms with Crippen molar-refractivity contribution in [2.24, 2.45) is 0 Å². The molecular weight excluding hydrogens is 332 g/mol. The van der Waals surface area contributed by atoms with Gasteiger partial charge in [0.2, 0.25) is 0 Å². The first-order chi connectivity index (χ1) is 13.9. The molecule has 0 radical (unpaired) electrons. The number of hydrogen-bond acceptors (Lipinski definition) is 8. The molecule has 7 atom stereocenters. The largest absolute Gasteiger partial charge is 0.451 e. The summed E-state index contributed by atoms with van der Waals surface area (Å²) in [6.07, 6.45) is -10.5. The second-order valence-corrected chi connectivity index (χ2v) is 7.77. The maximum absolute atomic E-state index is 12.9. The Kier molecular flexibility index (Phi) is 2.03. The van der Waals surface area contributed by atoms with E-state index in [-0.39, 0.29) is 6.61 Å². The zero-order chi connectivity index (χ0) is 23.0. The fourth-order valence-corrected chi connectivity index (χ4v) is 3.91. The molecule has 5 rings (SSSR count). The quantitative estimate of drug-likeness (QED) is 0.502. The van der Waals surface area contributed by atoms with Crippen LogP contribution in [0.25, 0.3) is 0 Å². The molecule has 8 heteroatoms. The van der Waals surface area contributed by atoms with Crippen molar-refractivity contribution in [2.75, 3.05) is 6.61 Å². The Balaban J connectivity index is 1.68. The maximum Gasteiger partial charge on any atom is 0.339 e. The van der Waals surface area contributed by atoms with Crippen LogP contribution in [-0.2, 0) is 38.0 Å². The number of esters is 1. The topological polar surface area (TPSA) is 85.0 Å². The van der Waals surface area contributed by atoms with Crippen molar-refractivity contribution >= 4 is 5.97 Å². The lowest BCUT2D eigenvalue weighted by atomic mass is 9.78. The van der Waals surface area contributed by atoms with E-state index in [0.29, 0.717) is 0 Å². The summed E-state index contributed by atoms with van der Waals surface area (Å²) in [5.74, 6) is -3.59. The van der Waals surface area contributed by atoms with Crippen molar-refractivity contribution < 1.29 is 46.2 Å². The van der Waals surface area contributed by atoms with E-state index in [4.69, 9.17) is 41.4 Å². The highest BCUT2D eigenvalue weighted by Crippen LogP contribution is 2.58. The Bertz CT molecular complexity index is 847. The van der Waals surface area contributed by atoms with Crippen molar-refractivity contribution in [1.29, 1.82) is 0 Å². The fraction of sp³-hybridized carbons (Fsp3) is 0.941. The Morgan fingerprint density at radius 3 is 2.60 bits per heavy atom. The van der Waals surface area contributed by atoms with Crippen LogP contribution in [0.4, 0.5) is 0 Å². The van der Waals surface area contributed by atoms with Crippen molar-refractivity contribution in [3.05, 3.63) is 0 Å². The lowest BCUT2D eigenvalue weighted by Gasteiger charge is -2.42. The first-order valence-electron chi connectivity index (χ1n) is 11.2. The summed E-state index contributed by atoms with van der Waals surface area (Å²) in [5, 5.41) is 0. The summed E-state index contributed by atoms with van der Waals surface area (Å²) >= 11 is 0. The van der Waals surface area contributed by atoms with Crippen LogP contribution in [0.2, 0.25) is 0 Å². The second-order valence-electron chi connectivity index (χ2n) is 7.77. The lowest BCUT2D eigenvalue weighted by Crippen LogP contribution is -2.61. The van der Waals surface area contributed by atoms with Crippen LogP contribution in [0.3, 0.4) is 0 Å². The fourth-order valence-electron chi connectivity index (χ4n) is 3.91. The zero-order valence-electron chi connectivity index (χ0n) is 20.3. The van der Waals surface area contributed by atoms with Gasteiger partial charge < -0.3 is 33.2 Å². The number of hydrogen-bond donors (Lipinski definition) is 0. The van der Waals surface area contributed by atoms with E-state index in [1.165, 1.54) is 0 Å². The Labute approximate surface area is 154 Å². The van der Waals surface area contributed by atoms with Gasteiger partial charge in [0.05, 0.1) is 7.98 Å². The number of rotatable bonds is 1. The van der Waals surface area contributed by atoms with Gasteiger partial charge in [0.1, 0.15) is 17.8 Å². The molecule has 0 bridgehead atoms. The van der Waals surface area contributed by atoms with Gasteiger partial charge in [0.25, 0.3) is 0 Å². The van der Waals surface area contributed by atoms with Crippen LogP contribution in [0.5, 0.6) is 0 Å². The molecular formula is C17H24O8. The SMILES string of the molecule is [2H]C([2H])([2H])[C@@]12O[C@]1([2H])C(=O)O[C@@]1([C@@H]([C@@H]3COC(C)(C)O3)O[C@@H]3OC(C)(C)O[C@@H]31)C2([2H])[2H]. The molecule has 5 aliphatic rings. The number of carbonyl (C=O) groups is 1. The van der Waals surface area contributed by atoms with Gasteiger partial charge in [-0.15, -0.1) is 0 Å². The van der Waals surface area contributed by atoms with Crippen LogP contribution in [0.1, 0.15) is 49.1 Å². The molecule has 1 spiro atoms. The molecule has 0 unspecified atom stereocenters. The summed E-state index contributed by atoms with van der Waals surface area (Å²) in [6, 6.07) is 0. The molecule has 140 valence electrons. The van der Waals surface area contributed by atoms with E-state index in [9.17, 15) is 4.79 Å². The predicted octanol–water partition coefficient (Wildman–Crippen LogP) is 0.857. The zero-order valence-corrected chi connectivity index (χ0v) is 14.3. The molecule has 25 heavy (non-hydrogen) atoms. The second kappa shape index (κ2) is 4.55. The van der Waals surface area contributed by atoms with Gasteiger partial charge in [-0.05, 0) is 34.5 Å². The Morgan fingerprint density at radius 2 is 1.92 bits per heavy atom. The molecule has 0 aromatic rings. The van der Waals surface area contributed by atoms with E-state index in [1.54, 1.807) is 27.7 Å². The van der Waals surface area contributed by atoms with Crippen LogP contribution in [0, 0.1) is 0 Å². The summed E-state index contributed by atoms with van der Waals surface area (Å²) in [5.41, 5.74) is -5.13. The monoisotopic (exact) mass is 362 g/mol. The van der Waals surface area contributed by atoms with Crippen LogP contribution in [0.15, 0.2) is 0 Å². The minimum Gasteiger partial charge on any atom is -0.451 e. The molecule has 8 nitrogen and oxygen atoms in total. The van der Waals surface area contributed by atoms with Gasteiger partial charge >= 0.3 is 5.97 Å². The maximum atomic E-state index is 12.9. The number of fused-ring (bicyclic) bond motifs is 3. The highest BCUT2D eigenvalue weighted by Gasteiger charge is 2.77. The molecule has 0 amide bonds. The van der Waals surface area contributed by atoms with E-state index in [0.717, 1.165) is 0 Å². The number of carbonyl (C=O) groups excluding carboxylic acids is 1. The number of epoxide rings is 1. The highest BCUT2D eigenvalue weighted by molar-refractivity contribution is 5.81. The Morgan fingerprint density at radius 1 is 1.12 bits per heavy atom. The van der Waals surface area contributed by atoms with E-state index < -0.39 is 72.7 Å². The van der Waals surface area contributed by atoms with Gasteiger partial charge in [0.15, 0.2) is 35.6 Å². The van der Waals surface area contributed by atoms with Gasteiger partial charge in [0, 0.05) is 13.2 Å². The predicted molar refractivity (Wildman–Crippen MR) is 80.3 cm³/mol. The third kappa shape index (κ3) is 2.25. The highest BCUT2D eigenvalue weighted by atomic mass is 16.9. The molecule has 5 fully saturated rings. The van der Waals surface area contributed by atoms with E-state index in [1.807, 2.05) is 0 Å². The van der Waals surface area contributed by atoms with E-state index >= 15 is 0 Å². The summed E-state index contributed by atoms with van der Waals surface area (Å²) in [6.45, 7) is 3.22. The van der Waals surface area contributed by atoms with Crippen LogP contribution < -0.4 is 0 Å². The molecule has 5 saturated heterocycles. The summed E-state index contributed by atoms with van der Waals surface area (Å²) in [4.78, 5) is 12.9. The van der Waals surface area contributed by atoms with E-state index in [2.05, 4.69) is 0 Å². The molecule has 0 aliphatic carbocycles. The molecule has 0 N–H and O–H groups in total. The first kappa shape index (κ1) is 11.2. The van der Waals surface area contributed by atoms with Gasteiger partial charge in [-0.1, -0.05) is 0 Å². The minimum atomic E-state index is -3.17. The smallest absolute Gasteiger partial charge is 0.339 e. The normalized spacial score (nSPS) is 64.1. The van der Waals surface area contributed by atoms with Gasteiger partial charge in [-0.25, -0.2) is 4.79 Å².